The van der Waals surface area contributed by atoms with Gasteiger partial charge in [-0.2, -0.15) is 0 Å². The molecule has 5 nitrogen and oxygen atoms in total. The molecule has 0 bridgehead atoms. The molecule has 0 unspecified atom stereocenters. The molecule has 1 fully saturated rings. The Balaban J connectivity index is 1.59. The highest BCUT2D eigenvalue weighted by Gasteiger charge is 2.26. The predicted octanol–water partition coefficient (Wildman–Crippen LogP) is 3.37. The SMILES string of the molecule is CCc1ccc([C@@H]([NH2+][C@@H](C)C(=O)Nc2ccc(N3CCOCC3)cc2)C(C)C)cc1. The number of morpholine rings is 1. The Hall–Kier alpha value is -2.37. The highest BCUT2D eigenvalue weighted by Crippen LogP contribution is 2.20. The third kappa shape index (κ3) is 5.83. The molecule has 2 aromatic carbocycles. The average molecular weight is 411 g/mol. The summed E-state index contributed by atoms with van der Waals surface area (Å²) in [6.45, 7) is 11.9. The first kappa shape index (κ1) is 22.3. The summed E-state index contributed by atoms with van der Waals surface area (Å²) < 4.78 is 5.41. The highest BCUT2D eigenvalue weighted by atomic mass is 16.5. The number of aryl methyl sites for hydroxylation is 1. The van der Waals surface area contributed by atoms with Gasteiger partial charge in [-0.3, -0.25) is 4.79 Å². The van der Waals surface area contributed by atoms with E-state index in [1.807, 2.05) is 19.1 Å². The van der Waals surface area contributed by atoms with Crippen LogP contribution in [-0.4, -0.2) is 38.3 Å². The molecule has 162 valence electrons. The number of anilines is 2. The maximum atomic E-state index is 12.8. The minimum absolute atomic E-state index is 0.0324. The minimum atomic E-state index is -0.179. The Labute approximate surface area is 180 Å². The van der Waals surface area contributed by atoms with Crippen molar-refractivity contribution in [1.29, 1.82) is 0 Å². The number of carbonyl (C=O) groups excluding carboxylic acids is 1. The van der Waals surface area contributed by atoms with Crippen molar-refractivity contribution in [3.8, 4) is 0 Å². The smallest absolute Gasteiger partial charge is 0.282 e. The Kier molecular flexibility index (Phi) is 7.88. The van der Waals surface area contributed by atoms with Crippen molar-refractivity contribution in [2.45, 2.75) is 46.2 Å². The molecule has 1 amide bonds. The van der Waals surface area contributed by atoms with Crippen molar-refractivity contribution in [3.05, 3.63) is 59.7 Å². The molecule has 2 atom stereocenters. The molecule has 0 aliphatic carbocycles. The fourth-order valence-electron chi connectivity index (χ4n) is 3.93. The second kappa shape index (κ2) is 10.6. The van der Waals surface area contributed by atoms with Crippen LogP contribution in [0.25, 0.3) is 0 Å². The molecule has 30 heavy (non-hydrogen) atoms. The van der Waals surface area contributed by atoms with Gasteiger partial charge in [-0.15, -0.1) is 0 Å². The van der Waals surface area contributed by atoms with Gasteiger partial charge in [-0.25, -0.2) is 0 Å². The number of ether oxygens (including phenoxy) is 1. The lowest BCUT2D eigenvalue weighted by atomic mass is 9.94. The molecule has 0 radical (unpaired) electrons. The second-order valence-electron chi connectivity index (χ2n) is 8.48. The maximum Gasteiger partial charge on any atom is 0.282 e. The molecular weight excluding hydrogens is 374 g/mol. The van der Waals surface area contributed by atoms with Crippen LogP contribution in [0, 0.1) is 5.92 Å². The summed E-state index contributed by atoms with van der Waals surface area (Å²) in [5.74, 6) is 0.463. The number of amides is 1. The van der Waals surface area contributed by atoms with Crippen LogP contribution in [0.15, 0.2) is 48.5 Å². The van der Waals surface area contributed by atoms with E-state index in [0.717, 1.165) is 38.4 Å². The van der Waals surface area contributed by atoms with Gasteiger partial charge in [0, 0.05) is 35.9 Å². The molecule has 0 saturated carbocycles. The van der Waals surface area contributed by atoms with Gasteiger partial charge in [-0.1, -0.05) is 45.0 Å². The number of hydrogen-bond acceptors (Lipinski definition) is 3. The lowest BCUT2D eigenvalue weighted by molar-refractivity contribution is -0.718. The zero-order valence-corrected chi connectivity index (χ0v) is 18.7. The largest absolute Gasteiger partial charge is 0.378 e. The first-order chi connectivity index (χ1) is 14.5. The number of nitrogens with two attached hydrogens (primary N) is 1. The topological polar surface area (TPSA) is 58.2 Å². The number of benzene rings is 2. The van der Waals surface area contributed by atoms with Crippen molar-refractivity contribution < 1.29 is 14.8 Å². The van der Waals surface area contributed by atoms with Gasteiger partial charge in [0.25, 0.3) is 5.91 Å². The molecule has 1 saturated heterocycles. The van der Waals surface area contributed by atoms with E-state index in [2.05, 4.69) is 72.7 Å². The van der Waals surface area contributed by atoms with Crippen molar-refractivity contribution >= 4 is 17.3 Å². The van der Waals surface area contributed by atoms with Crippen molar-refractivity contribution in [2.75, 3.05) is 36.5 Å². The van der Waals surface area contributed by atoms with E-state index >= 15 is 0 Å². The Morgan fingerprint density at radius 1 is 1.03 bits per heavy atom. The predicted molar refractivity (Wildman–Crippen MR) is 123 cm³/mol. The average Bonchev–Trinajstić information content (AvgIpc) is 2.78. The van der Waals surface area contributed by atoms with Gasteiger partial charge in [-0.05, 0) is 43.2 Å². The van der Waals surface area contributed by atoms with E-state index < -0.39 is 0 Å². The van der Waals surface area contributed by atoms with Crippen LogP contribution >= 0.6 is 0 Å². The van der Waals surface area contributed by atoms with E-state index in [1.165, 1.54) is 16.8 Å². The third-order valence-electron chi connectivity index (χ3n) is 5.91. The highest BCUT2D eigenvalue weighted by molar-refractivity contribution is 5.93. The van der Waals surface area contributed by atoms with Crippen LogP contribution in [0.5, 0.6) is 0 Å². The summed E-state index contributed by atoms with van der Waals surface area (Å²) in [5.41, 5.74) is 4.63. The van der Waals surface area contributed by atoms with Crippen LogP contribution in [-0.2, 0) is 16.0 Å². The normalized spacial score (nSPS) is 16.4. The standard InChI is InChI=1S/C25H35N3O2/c1-5-20-6-8-21(9-7-20)24(18(2)3)26-19(4)25(29)27-22-10-12-23(13-11-22)28-14-16-30-17-15-28/h6-13,18-19,24,26H,5,14-17H2,1-4H3,(H,27,29)/p+1/t19-,24-/m0/s1. The number of carbonyl (C=O) groups is 1. The first-order valence-electron chi connectivity index (χ1n) is 11.2. The number of nitrogens with one attached hydrogen (secondary N) is 1. The molecule has 5 heteroatoms. The molecule has 1 heterocycles. The maximum absolute atomic E-state index is 12.8. The quantitative estimate of drug-likeness (QED) is 0.701. The van der Waals surface area contributed by atoms with Crippen LogP contribution in [0.3, 0.4) is 0 Å². The van der Waals surface area contributed by atoms with Gasteiger partial charge in [0.2, 0.25) is 0 Å². The van der Waals surface area contributed by atoms with E-state index in [1.54, 1.807) is 0 Å². The van der Waals surface area contributed by atoms with E-state index in [9.17, 15) is 4.79 Å². The van der Waals surface area contributed by atoms with Crippen molar-refractivity contribution in [2.24, 2.45) is 5.92 Å². The van der Waals surface area contributed by atoms with E-state index in [0.29, 0.717) is 5.92 Å². The zero-order valence-electron chi connectivity index (χ0n) is 18.7. The van der Waals surface area contributed by atoms with Gasteiger partial charge in [0.05, 0.1) is 13.2 Å². The van der Waals surface area contributed by atoms with Crippen LogP contribution in [0.4, 0.5) is 11.4 Å². The van der Waals surface area contributed by atoms with Crippen LogP contribution in [0.1, 0.15) is 44.9 Å². The summed E-state index contributed by atoms with van der Waals surface area (Å²) >= 11 is 0. The molecular formula is C25H36N3O2+. The van der Waals surface area contributed by atoms with Gasteiger partial charge in [0.1, 0.15) is 6.04 Å². The fraction of sp³-hybridized carbons (Fsp3) is 0.480. The third-order valence-corrected chi connectivity index (χ3v) is 5.91. The first-order valence-corrected chi connectivity index (χ1v) is 11.2. The molecule has 1 aliphatic rings. The molecule has 1 aliphatic heterocycles. The summed E-state index contributed by atoms with van der Waals surface area (Å²) in [6.07, 6.45) is 1.04. The van der Waals surface area contributed by atoms with Crippen LogP contribution < -0.4 is 15.5 Å². The Bertz CT molecular complexity index is 796. The minimum Gasteiger partial charge on any atom is -0.378 e. The summed E-state index contributed by atoms with van der Waals surface area (Å²) in [6, 6.07) is 17.0. The van der Waals surface area contributed by atoms with E-state index in [4.69, 9.17) is 4.74 Å². The van der Waals surface area contributed by atoms with E-state index in [-0.39, 0.29) is 18.0 Å². The number of rotatable bonds is 8. The molecule has 0 aromatic heterocycles. The molecule has 3 N–H and O–H groups in total. The number of quaternary nitrogens is 1. The molecule has 2 aromatic rings. The Morgan fingerprint density at radius 2 is 1.67 bits per heavy atom. The summed E-state index contributed by atoms with van der Waals surface area (Å²) in [4.78, 5) is 15.1. The van der Waals surface area contributed by atoms with Crippen LogP contribution in [0.2, 0.25) is 0 Å². The fourth-order valence-corrected chi connectivity index (χ4v) is 3.93. The lowest BCUT2D eigenvalue weighted by Crippen LogP contribution is -2.93. The zero-order chi connectivity index (χ0) is 21.5. The second-order valence-corrected chi connectivity index (χ2v) is 8.48. The van der Waals surface area contributed by atoms with Gasteiger partial charge in [0.15, 0.2) is 6.04 Å². The number of hydrogen-bond donors (Lipinski definition) is 2. The number of nitrogens with zero attached hydrogens (tertiary/aromatic N) is 1. The molecule has 3 rings (SSSR count). The summed E-state index contributed by atoms with van der Waals surface area (Å²) in [7, 11) is 0. The van der Waals surface area contributed by atoms with Crippen molar-refractivity contribution in [3.63, 3.8) is 0 Å². The Morgan fingerprint density at radius 3 is 2.23 bits per heavy atom. The summed E-state index contributed by atoms with van der Waals surface area (Å²) in [5, 5.41) is 5.26. The van der Waals surface area contributed by atoms with Gasteiger partial charge < -0.3 is 20.3 Å². The van der Waals surface area contributed by atoms with Crippen molar-refractivity contribution in [1.82, 2.24) is 0 Å². The monoisotopic (exact) mass is 410 g/mol. The lowest BCUT2D eigenvalue weighted by Gasteiger charge is -2.29. The van der Waals surface area contributed by atoms with Gasteiger partial charge >= 0.3 is 0 Å². The molecule has 0 spiro atoms.